The molecule has 94 valence electrons. The van der Waals surface area contributed by atoms with Crippen LogP contribution in [0.3, 0.4) is 0 Å². The maximum absolute atomic E-state index is 10.9. The van der Waals surface area contributed by atoms with Crippen LogP contribution in [0, 0.1) is 5.92 Å². The zero-order chi connectivity index (χ0) is 12.7. The maximum atomic E-state index is 10.9. The van der Waals surface area contributed by atoms with E-state index in [-0.39, 0.29) is 0 Å². The number of nitrogens with two attached hydrogens (primary N) is 1. The Labute approximate surface area is 110 Å². The highest BCUT2D eigenvalue weighted by Crippen LogP contribution is 2.16. The highest BCUT2D eigenvalue weighted by molar-refractivity contribution is 9.09. The van der Waals surface area contributed by atoms with Crippen LogP contribution in [0.5, 0.6) is 5.75 Å². The lowest BCUT2D eigenvalue weighted by Gasteiger charge is -2.14. The molecule has 2 N–H and O–H groups in total. The number of alkyl halides is 1. The first-order valence-corrected chi connectivity index (χ1v) is 6.88. The summed E-state index contributed by atoms with van der Waals surface area (Å²) < 4.78 is 5.66. The number of carbonyl (C=O) groups is 1. The van der Waals surface area contributed by atoms with E-state index in [1.54, 1.807) is 24.3 Å². The van der Waals surface area contributed by atoms with Crippen LogP contribution in [0.4, 0.5) is 0 Å². The summed E-state index contributed by atoms with van der Waals surface area (Å²) in [4.78, 5) is 10.9. The molecule has 0 aromatic heterocycles. The molecule has 0 fully saturated rings. The summed E-state index contributed by atoms with van der Waals surface area (Å²) in [6.07, 6.45) is 2.30. The first kappa shape index (κ1) is 14.0. The monoisotopic (exact) mass is 299 g/mol. The zero-order valence-corrected chi connectivity index (χ0v) is 11.6. The lowest BCUT2D eigenvalue weighted by atomic mass is 10.1. The van der Waals surface area contributed by atoms with Gasteiger partial charge in [-0.25, -0.2) is 0 Å². The van der Waals surface area contributed by atoms with Crippen LogP contribution in [0.2, 0.25) is 0 Å². The number of hydrogen-bond donors (Lipinski definition) is 1. The zero-order valence-electron chi connectivity index (χ0n) is 9.99. The summed E-state index contributed by atoms with van der Waals surface area (Å²) in [6, 6.07) is 6.91. The fourth-order valence-corrected chi connectivity index (χ4v) is 2.05. The Morgan fingerprint density at radius 3 is 2.53 bits per heavy atom. The van der Waals surface area contributed by atoms with E-state index in [2.05, 4.69) is 22.9 Å². The van der Waals surface area contributed by atoms with Crippen molar-refractivity contribution in [2.45, 2.75) is 19.8 Å². The predicted molar refractivity (Wildman–Crippen MR) is 72.6 cm³/mol. The molecule has 0 saturated heterocycles. The van der Waals surface area contributed by atoms with Gasteiger partial charge in [0.1, 0.15) is 5.75 Å². The molecule has 1 aromatic carbocycles. The third kappa shape index (κ3) is 4.77. The number of carbonyl (C=O) groups excluding carboxylic acids is 1. The van der Waals surface area contributed by atoms with Gasteiger partial charge in [0.25, 0.3) is 0 Å². The van der Waals surface area contributed by atoms with E-state index in [0.29, 0.717) is 18.1 Å². The lowest BCUT2D eigenvalue weighted by molar-refractivity contribution is 0.100. The molecule has 1 aromatic rings. The number of benzene rings is 1. The Balaban J connectivity index is 2.48. The molecule has 4 heteroatoms. The fourth-order valence-electron chi connectivity index (χ4n) is 1.54. The van der Waals surface area contributed by atoms with E-state index < -0.39 is 5.91 Å². The summed E-state index contributed by atoms with van der Waals surface area (Å²) in [7, 11) is 0. The van der Waals surface area contributed by atoms with E-state index in [4.69, 9.17) is 10.5 Å². The van der Waals surface area contributed by atoms with Gasteiger partial charge < -0.3 is 10.5 Å². The molecule has 0 bridgehead atoms. The minimum atomic E-state index is -0.416. The second kappa shape index (κ2) is 7.33. The molecule has 3 nitrogen and oxygen atoms in total. The molecule has 1 rings (SSSR count). The first-order chi connectivity index (χ1) is 8.17. The summed E-state index contributed by atoms with van der Waals surface area (Å²) in [5.41, 5.74) is 5.66. The summed E-state index contributed by atoms with van der Waals surface area (Å²) in [6.45, 7) is 2.85. The van der Waals surface area contributed by atoms with Crippen molar-refractivity contribution in [1.82, 2.24) is 0 Å². The van der Waals surface area contributed by atoms with Gasteiger partial charge in [-0.3, -0.25) is 4.79 Å². The van der Waals surface area contributed by atoms with Crippen LogP contribution in [-0.4, -0.2) is 17.8 Å². The van der Waals surface area contributed by atoms with Crippen LogP contribution in [0.15, 0.2) is 24.3 Å². The number of hydrogen-bond acceptors (Lipinski definition) is 2. The number of ether oxygens (including phenoxy) is 1. The van der Waals surface area contributed by atoms with Crippen LogP contribution in [0.1, 0.15) is 30.1 Å². The number of halogens is 1. The molecule has 0 aliphatic rings. The quantitative estimate of drug-likeness (QED) is 0.787. The van der Waals surface area contributed by atoms with Crippen molar-refractivity contribution in [1.29, 1.82) is 0 Å². The molecule has 1 atom stereocenters. The third-order valence-electron chi connectivity index (χ3n) is 2.54. The number of amides is 1. The Bertz CT molecular complexity index is 351. The van der Waals surface area contributed by atoms with Crippen molar-refractivity contribution in [3.05, 3.63) is 29.8 Å². The standard InChI is InChI=1S/C13H18BrNO2/c1-2-3-10(8-14)9-17-12-6-4-11(5-7-12)13(15)16/h4-7,10H,2-3,8-9H2,1H3,(H2,15,16). The Morgan fingerprint density at radius 2 is 2.06 bits per heavy atom. The van der Waals surface area contributed by atoms with Gasteiger partial charge in [0, 0.05) is 16.8 Å². The second-order valence-electron chi connectivity index (χ2n) is 4.01. The summed E-state index contributed by atoms with van der Waals surface area (Å²) in [5.74, 6) is 0.883. The van der Waals surface area contributed by atoms with Gasteiger partial charge in [0.05, 0.1) is 6.61 Å². The van der Waals surface area contributed by atoms with Crippen molar-refractivity contribution in [2.24, 2.45) is 11.7 Å². The molecule has 0 aliphatic heterocycles. The third-order valence-corrected chi connectivity index (χ3v) is 3.46. The van der Waals surface area contributed by atoms with Gasteiger partial charge in [-0.1, -0.05) is 29.3 Å². The fraction of sp³-hybridized carbons (Fsp3) is 0.462. The molecule has 17 heavy (non-hydrogen) atoms. The highest BCUT2D eigenvalue weighted by Gasteiger charge is 2.07. The van der Waals surface area contributed by atoms with Gasteiger partial charge in [-0.05, 0) is 30.7 Å². The van der Waals surface area contributed by atoms with Crippen LogP contribution in [0.25, 0.3) is 0 Å². The van der Waals surface area contributed by atoms with Gasteiger partial charge in [0.15, 0.2) is 0 Å². The Morgan fingerprint density at radius 1 is 1.41 bits per heavy atom. The molecule has 0 heterocycles. The Hall–Kier alpha value is -1.03. The maximum Gasteiger partial charge on any atom is 0.248 e. The summed E-state index contributed by atoms with van der Waals surface area (Å²) in [5, 5.41) is 0.945. The average Bonchev–Trinajstić information content (AvgIpc) is 2.35. The topological polar surface area (TPSA) is 52.3 Å². The summed E-state index contributed by atoms with van der Waals surface area (Å²) >= 11 is 3.48. The van der Waals surface area contributed by atoms with E-state index in [0.717, 1.165) is 23.9 Å². The van der Waals surface area contributed by atoms with Crippen molar-refractivity contribution in [3.8, 4) is 5.75 Å². The van der Waals surface area contributed by atoms with Gasteiger partial charge in [-0.2, -0.15) is 0 Å². The molecular formula is C13H18BrNO2. The van der Waals surface area contributed by atoms with Gasteiger partial charge in [-0.15, -0.1) is 0 Å². The molecule has 0 saturated carbocycles. The van der Waals surface area contributed by atoms with Crippen LogP contribution in [-0.2, 0) is 0 Å². The highest BCUT2D eigenvalue weighted by atomic mass is 79.9. The SMILES string of the molecule is CCCC(CBr)COc1ccc(C(N)=O)cc1. The molecule has 0 aliphatic carbocycles. The van der Waals surface area contributed by atoms with Crippen molar-refractivity contribution in [2.75, 3.05) is 11.9 Å². The molecule has 1 amide bonds. The second-order valence-corrected chi connectivity index (χ2v) is 4.66. The molecule has 1 unspecified atom stereocenters. The molecular weight excluding hydrogens is 282 g/mol. The van der Waals surface area contributed by atoms with Gasteiger partial charge >= 0.3 is 0 Å². The van der Waals surface area contributed by atoms with Gasteiger partial charge in [0.2, 0.25) is 5.91 Å². The largest absolute Gasteiger partial charge is 0.493 e. The molecule has 0 radical (unpaired) electrons. The minimum absolute atomic E-state index is 0.416. The first-order valence-electron chi connectivity index (χ1n) is 5.76. The van der Waals surface area contributed by atoms with Crippen LogP contribution >= 0.6 is 15.9 Å². The van der Waals surface area contributed by atoms with Crippen molar-refractivity contribution >= 4 is 21.8 Å². The number of primary amides is 1. The molecule has 0 spiro atoms. The van der Waals surface area contributed by atoms with E-state index in [1.807, 2.05) is 0 Å². The van der Waals surface area contributed by atoms with E-state index >= 15 is 0 Å². The minimum Gasteiger partial charge on any atom is -0.493 e. The average molecular weight is 300 g/mol. The lowest BCUT2D eigenvalue weighted by Crippen LogP contribution is -2.14. The number of rotatable bonds is 7. The normalized spacial score (nSPS) is 12.1. The van der Waals surface area contributed by atoms with Crippen molar-refractivity contribution < 1.29 is 9.53 Å². The van der Waals surface area contributed by atoms with E-state index in [9.17, 15) is 4.79 Å². The van der Waals surface area contributed by atoms with Crippen LogP contribution < -0.4 is 10.5 Å². The smallest absolute Gasteiger partial charge is 0.248 e. The Kier molecular flexibility index (Phi) is 6.05. The van der Waals surface area contributed by atoms with E-state index in [1.165, 1.54) is 0 Å². The predicted octanol–water partition coefficient (Wildman–Crippen LogP) is 2.98. The van der Waals surface area contributed by atoms with Crippen molar-refractivity contribution in [3.63, 3.8) is 0 Å².